The van der Waals surface area contributed by atoms with Gasteiger partial charge in [-0.1, -0.05) is 60.7 Å². The molecule has 0 bridgehead atoms. The fraction of sp³-hybridized carbons (Fsp3) is 0.182. The molecule has 0 radical (unpaired) electrons. The van der Waals surface area contributed by atoms with E-state index in [4.69, 9.17) is 14.7 Å². The number of nitrogens with one attached hydrogen (secondary N) is 1. The Kier molecular flexibility index (Phi) is 6.12. The quantitative estimate of drug-likeness (QED) is 0.256. The van der Waals surface area contributed by atoms with Crippen molar-refractivity contribution in [1.29, 1.82) is 5.26 Å². The Bertz CT molecular complexity index is 1690. The average Bonchev–Trinajstić information content (AvgIpc) is 3.25. The number of nitriles is 1. The lowest BCUT2D eigenvalue weighted by Crippen LogP contribution is -2.34. The van der Waals surface area contributed by atoms with E-state index in [0.717, 1.165) is 57.1 Å². The maximum Gasteiger partial charge on any atom is 0.162 e. The number of ether oxygens (including phenoxy) is 1. The van der Waals surface area contributed by atoms with Crippen molar-refractivity contribution in [2.75, 3.05) is 23.9 Å². The monoisotopic (exact) mass is 511 g/mol. The van der Waals surface area contributed by atoms with Gasteiger partial charge in [-0.05, 0) is 55.3 Å². The van der Waals surface area contributed by atoms with Gasteiger partial charge in [0.05, 0.1) is 24.7 Å². The maximum atomic E-state index is 10.4. The van der Waals surface area contributed by atoms with Crippen LogP contribution < -0.4 is 15.0 Å². The number of hydrogen-bond donors (Lipinski definition) is 1. The van der Waals surface area contributed by atoms with E-state index < -0.39 is 5.41 Å². The molecule has 2 heterocycles. The Morgan fingerprint density at radius 2 is 1.69 bits per heavy atom. The summed E-state index contributed by atoms with van der Waals surface area (Å²) in [4.78, 5) is 12.0. The summed E-state index contributed by atoms with van der Waals surface area (Å²) in [6.45, 7) is 4.93. The molecular formula is C33H29N5O. The smallest absolute Gasteiger partial charge is 0.162 e. The van der Waals surface area contributed by atoms with Crippen LogP contribution in [0.1, 0.15) is 31.0 Å². The highest BCUT2D eigenvalue weighted by Gasteiger charge is 2.48. The molecule has 0 aliphatic carbocycles. The SMILES string of the molecule is CCN1c2cc(OC)ccc2C(C)(C#N)C1c1ccc(Nc2nc(-c3ccccc3)nc3ccccc23)cc1. The third kappa shape index (κ3) is 4.13. The van der Waals surface area contributed by atoms with Crippen molar-refractivity contribution < 1.29 is 4.74 Å². The third-order valence-corrected chi connectivity index (χ3v) is 7.63. The summed E-state index contributed by atoms with van der Waals surface area (Å²) in [7, 11) is 1.67. The Morgan fingerprint density at radius 1 is 0.949 bits per heavy atom. The van der Waals surface area contributed by atoms with Gasteiger partial charge < -0.3 is 15.0 Å². The number of para-hydroxylation sites is 1. The standard InChI is InChI=1S/C33H29N5O/c1-4-38-29-20-25(39-3)18-19-27(29)33(2,21-34)30(38)22-14-16-24(17-15-22)35-32-26-12-8-9-13-28(26)36-31(37-32)23-10-6-5-7-11-23/h5-20,30H,4H2,1-3H3,(H,35,36,37). The molecule has 0 spiro atoms. The van der Waals surface area contributed by atoms with Gasteiger partial charge in [0.15, 0.2) is 5.82 Å². The largest absolute Gasteiger partial charge is 0.497 e. The van der Waals surface area contributed by atoms with E-state index in [2.05, 4.69) is 47.5 Å². The lowest BCUT2D eigenvalue weighted by molar-refractivity contribution is 0.415. The number of nitrogens with zero attached hydrogens (tertiary/aromatic N) is 4. The summed E-state index contributed by atoms with van der Waals surface area (Å²) in [6, 6.07) is 34.9. The van der Waals surface area contributed by atoms with Crippen molar-refractivity contribution in [2.45, 2.75) is 25.3 Å². The Labute approximate surface area is 228 Å². The van der Waals surface area contributed by atoms with Crippen LogP contribution in [0.2, 0.25) is 0 Å². The summed E-state index contributed by atoms with van der Waals surface area (Å²) >= 11 is 0. The van der Waals surface area contributed by atoms with E-state index >= 15 is 0 Å². The van der Waals surface area contributed by atoms with Gasteiger partial charge in [-0.25, -0.2) is 9.97 Å². The number of benzene rings is 4. The second-order valence-electron chi connectivity index (χ2n) is 9.91. The Hall–Kier alpha value is -4.89. The first kappa shape index (κ1) is 24.4. The van der Waals surface area contributed by atoms with Crippen molar-refractivity contribution >= 4 is 28.1 Å². The van der Waals surface area contributed by atoms with E-state index in [1.165, 1.54) is 0 Å². The van der Waals surface area contributed by atoms with Crippen LogP contribution in [0.25, 0.3) is 22.3 Å². The van der Waals surface area contributed by atoms with Gasteiger partial charge in [0, 0.05) is 34.9 Å². The van der Waals surface area contributed by atoms with E-state index in [0.29, 0.717) is 5.82 Å². The number of methoxy groups -OCH3 is 1. The molecule has 1 N–H and O–H groups in total. The molecule has 6 nitrogen and oxygen atoms in total. The minimum absolute atomic E-state index is 0.117. The zero-order valence-electron chi connectivity index (χ0n) is 22.2. The van der Waals surface area contributed by atoms with Gasteiger partial charge in [0.2, 0.25) is 0 Å². The topological polar surface area (TPSA) is 74.1 Å². The normalized spacial score (nSPS) is 18.0. The molecular weight excluding hydrogens is 482 g/mol. The first-order valence-electron chi connectivity index (χ1n) is 13.1. The van der Waals surface area contributed by atoms with Crippen molar-refractivity contribution in [3.05, 3.63) is 108 Å². The highest BCUT2D eigenvalue weighted by Crippen LogP contribution is 2.53. The number of anilines is 3. The van der Waals surface area contributed by atoms with E-state index in [9.17, 15) is 5.26 Å². The number of hydrogen-bond acceptors (Lipinski definition) is 6. The van der Waals surface area contributed by atoms with Gasteiger partial charge in [-0.2, -0.15) is 5.26 Å². The van der Waals surface area contributed by atoms with Crippen LogP contribution in [0.5, 0.6) is 5.75 Å². The highest BCUT2D eigenvalue weighted by molar-refractivity contribution is 5.92. The van der Waals surface area contributed by atoms with Gasteiger partial charge in [-0.15, -0.1) is 0 Å². The molecule has 0 saturated carbocycles. The molecule has 1 aliphatic rings. The predicted molar refractivity (Wildman–Crippen MR) is 156 cm³/mol. The summed E-state index contributed by atoms with van der Waals surface area (Å²) in [5, 5.41) is 14.9. The average molecular weight is 512 g/mol. The van der Waals surface area contributed by atoms with Gasteiger partial charge in [0.25, 0.3) is 0 Å². The van der Waals surface area contributed by atoms with Gasteiger partial charge >= 0.3 is 0 Å². The third-order valence-electron chi connectivity index (χ3n) is 7.63. The zero-order chi connectivity index (χ0) is 27.0. The van der Waals surface area contributed by atoms with Gasteiger partial charge in [0.1, 0.15) is 17.0 Å². The zero-order valence-corrected chi connectivity index (χ0v) is 22.2. The number of fused-ring (bicyclic) bond motifs is 2. The first-order valence-corrected chi connectivity index (χ1v) is 13.1. The molecule has 0 saturated heterocycles. The molecule has 6 heteroatoms. The first-order chi connectivity index (χ1) is 19.1. The fourth-order valence-electron chi connectivity index (χ4n) is 5.67. The van der Waals surface area contributed by atoms with Crippen LogP contribution in [0.3, 0.4) is 0 Å². The van der Waals surface area contributed by atoms with Crippen molar-refractivity contribution in [3.63, 3.8) is 0 Å². The number of rotatable bonds is 6. The van der Waals surface area contributed by atoms with E-state index in [1.54, 1.807) is 7.11 Å². The molecule has 4 aromatic carbocycles. The molecule has 2 atom stereocenters. The Balaban J connectivity index is 1.36. The van der Waals surface area contributed by atoms with E-state index in [-0.39, 0.29) is 6.04 Å². The van der Waals surface area contributed by atoms with Crippen LogP contribution in [0.15, 0.2) is 97.1 Å². The van der Waals surface area contributed by atoms with Crippen molar-refractivity contribution in [3.8, 4) is 23.2 Å². The summed E-state index contributed by atoms with van der Waals surface area (Å²) < 4.78 is 5.49. The molecule has 0 fully saturated rings. The minimum Gasteiger partial charge on any atom is -0.497 e. The number of aromatic nitrogens is 2. The molecule has 6 rings (SSSR count). The maximum absolute atomic E-state index is 10.4. The van der Waals surface area contributed by atoms with E-state index in [1.807, 2.05) is 79.7 Å². The van der Waals surface area contributed by atoms with Crippen LogP contribution >= 0.6 is 0 Å². The van der Waals surface area contributed by atoms with Crippen LogP contribution in [0, 0.1) is 11.3 Å². The Morgan fingerprint density at radius 3 is 2.41 bits per heavy atom. The molecule has 1 aromatic heterocycles. The fourth-order valence-corrected chi connectivity index (χ4v) is 5.67. The minimum atomic E-state index is -0.694. The number of likely N-dealkylation sites (N-methyl/N-ethyl adjacent to an activating group) is 1. The molecule has 1 aliphatic heterocycles. The summed E-state index contributed by atoms with van der Waals surface area (Å²) in [5.41, 5.74) is 5.23. The highest BCUT2D eigenvalue weighted by atomic mass is 16.5. The molecule has 39 heavy (non-hydrogen) atoms. The molecule has 5 aromatic rings. The second-order valence-corrected chi connectivity index (χ2v) is 9.91. The van der Waals surface area contributed by atoms with Crippen LogP contribution in [-0.2, 0) is 5.41 Å². The molecule has 192 valence electrons. The van der Waals surface area contributed by atoms with Crippen molar-refractivity contribution in [2.24, 2.45) is 0 Å². The lowest BCUT2D eigenvalue weighted by atomic mass is 9.77. The molecule has 0 amide bonds. The van der Waals surface area contributed by atoms with Crippen LogP contribution in [-0.4, -0.2) is 23.6 Å². The molecule has 2 unspecified atom stereocenters. The lowest BCUT2D eigenvalue weighted by Gasteiger charge is -2.32. The second kappa shape index (κ2) is 9.77. The van der Waals surface area contributed by atoms with Gasteiger partial charge in [-0.3, -0.25) is 0 Å². The summed E-state index contributed by atoms with van der Waals surface area (Å²) in [5.74, 6) is 2.22. The summed E-state index contributed by atoms with van der Waals surface area (Å²) in [6.07, 6.45) is 0. The van der Waals surface area contributed by atoms with Crippen LogP contribution in [0.4, 0.5) is 17.2 Å². The predicted octanol–water partition coefficient (Wildman–Crippen LogP) is 7.41. The van der Waals surface area contributed by atoms with Crippen molar-refractivity contribution in [1.82, 2.24) is 9.97 Å².